The molecule has 0 saturated carbocycles. The second-order valence-corrected chi connectivity index (χ2v) is 7.86. The fourth-order valence-electron chi connectivity index (χ4n) is 3.61. The van der Waals surface area contributed by atoms with Crippen molar-refractivity contribution in [1.82, 2.24) is 15.2 Å². The third-order valence-corrected chi connectivity index (χ3v) is 5.35. The lowest BCUT2D eigenvalue weighted by Gasteiger charge is -2.20. The topological polar surface area (TPSA) is 57.5 Å². The molecule has 6 nitrogen and oxygen atoms in total. The van der Waals surface area contributed by atoms with Crippen molar-refractivity contribution in [3.63, 3.8) is 0 Å². The van der Waals surface area contributed by atoms with Crippen molar-refractivity contribution < 1.29 is 0 Å². The summed E-state index contributed by atoms with van der Waals surface area (Å²) in [6.45, 7) is 6.13. The predicted octanol–water partition coefficient (Wildman–Crippen LogP) is 4.41. The first-order valence-electron chi connectivity index (χ1n) is 10.2. The molecule has 0 atom stereocenters. The number of aryl methyl sites for hydroxylation is 2. The molecule has 0 bridgehead atoms. The van der Waals surface area contributed by atoms with Gasteiger partial charge in [0.1, 0.15) is 5.82 Å². The molecule has 2 heterocycles. The van der Waals surface area contributed by atoms with Crippen LogP contribution in [0.1, 0.15) is 29.7 Å². The molecule has 154 valence electrons. The Labute approximate surface area is 182 Å². The molecule has 1 aromatic heterocycles. The van der Waals surface area contributed by atoms with Crippen LogP contribution in [-0.2, 0) is 0 Å². The Bertz CT molecular complexity index is 1030. The van der Waals surface area contributed by atoms with Gasteiger partial charge in [0.05, 0.1) is 23.2 Å². The summed E-state index contributed by atoms with van der Waals surface area (Å²) in [4.78, 5) is 2.39. The molecule has 0 spiro atoms. The van der Waals surface area contributed by atoms with Crippen LogP contribution in [-0.4, -0.2) is 34.2 Å². The van der Waals surface area contributed by atoms with Crippen molar-refractivity contribution >= 4 is 35.1 Å². The average Bonchev–Trinajstić information content (AvgIpc) is 3.39. The van der Waals surface area contributed by atoms with Crippen LogP contribution in [0.4, 0.5) is 11.5 Å². The van der Waals surface area contributed by atoms with Crippen molar-refractivity contribution in [2.24, 2.45) is 5.10 Å². The molecule has 30 heavy (non-hydrogen) atoms. The summed E-state index contributed by atoms with van der Waals surface area (Å²) in [6, 6.07) is 18.3. The minimum absolute atomic E-state index is 0.450. The second kappa shape index (κ2) is 9.09. The van der Waals surface area contributed by atoms with Gasteiger partial charge in [-0.2, -0.15) is 10.2 Å². The highest BCUT2D eigenvalue weighted by atomic mass is 32.1. The fourth-order valence-corrected chi connectivity index (χ4v) is 3.78. The number of hydrazone groups is 1. The monoisotopic (exact) mass is 418 g/mol. The quantitative estimate of drug-likeness (QED) is 0.365. The van der Waals surface area contributed by atoms with Gasteiger partial charge in [0.15, 0.2) is 5.11 Å². The maximum Gasteiger partial charge on any atom is 0.191 e. The molecule has 3 aromatic rings. The van der Waals surface area contributed by atoms with Gasteiger partial charge in [-0.15, -0.1) is 0 Å². The standard InChI is InChI=1S/C23H26N6S/c1-17-10-12-19(13-11-17)25-23(30)26-24-16-21-18(2)27-29(20-8-4-3-5-9-20)22(21)28-14-6-7-15-28/h3-5,8-13,16H,6-7,14-15H2,1-2H3,(H2,25,26,30)/b24-16+. The Morgan fingerprint density at radius 1 is 1.03 bits per heavy atom. The molecule has 1 aliphatic heterocycles. The maximum atomic E-state index is 5.37. The van der Waals surface area contributed by atoms with Gasteiger partial charge in [-0.3, -0.25) is 5.43 Å². The zero-order chi connectivity index (χ0) is 20.9. The highest BCUT2D eigenvalue weighted by Gasteiger charge is 2.23. The van der Waals surface area contributed by atoms with E-state index in [1.165, 1.54) is 18.4 Å². The fraction of sp³-hybridized carbons (Fsp3) is 0.261. The van der Waals surface area contributed by atoms with E-state index < -0.39 is 0 Å². The number of hydrogen-bond donors (Lipinski definition) is 2. The van der Waals surface area contributed by atoms with Crippen molar-refractivity contribution in [2.45, 2.75) is 26.7 Å². The Kier molecular flexibility index (Phi) is 6.09. The Morgan fingerprint density at radius 2 is 1.73 bits per heavy atom. The van der Waals surface area contributed by atoms with E-state index in [2.05, 4.69) is 39.8 Å². The van der Waals surface area contributed by atoms with E-state index >= 15 is 0 Å². The van der Waals surface area contributed by atoms with Gasteiger partial charge in [0.2, 0.25) is 0 Å². The molecule has 0 amide bonds. The first-order valence-corrected chi connectivity index (χ1v) is 10.6. The molecule has 1 fully saturated rings. The lowest BCUT2D eigenvalue weighted by Crippen LogP contribution is -2.24. The van der Waals surface area contributed by atoms with Gasteiger partial charge < -0.3 is 10.2 Å². The van der Waals surface area contributed by atoms with Crippen molar-refractivity contribution in [3.05, 3.63) is 71.4 Å². The first-order chi connectivity index (χ1) is 14.6. The normalized spacial score (nSPS) is 13.7. The number of para-hydroxylation sites is 1. The smallest absolute Gasteiger partial charge is 0.191 e. The van der Waals surface area contributed by atoms with Crippen LogP contribution in [0.15, 0.2) is 59.7 Å². The molecule has 2 aromatic carbocycles. The van der Waals surface area contributed by atoms with E-state index in [1.54, 1.807) is 0 Å². The highest BCUT2D eigenvalue weighted by Crippen LogP contribution is 2.28. The van der Waals surface area contributed by atoms with Crippen LogP contribution in [0.2, 0.25) is 0 Å². The number of rotatable bonds is 5. The summed E-state index contributed by atoms with van der Waals surface area (Å²) in [5.41, 5.74) is 8.05. The molecular formula is C23H26N6S. The zero-order valence-corrected chi connectivity index (χ0v) is 18.1. The van der Waals surface area contributed by atoms with Gasteiger partial charge in [-0.25, -0.2) is 4.68 Å². The molecule has 0 aliphatic carbocycles. The van der Waals surface area contributed by atoms with E-state index in [0.29, 0.717) is 5.11 Å². The third kappa shape index (κ3) is 4.52. The third-order valence-electron chi connectivity index (χ3n) is 5.16. The average molecular weight is 419 g/mol. The molecule has 1 aliphatic rings. The first kappa shape index (κ1) is 20.1. The minimum atomic E-state index is 0.450. The van der Waals surface area contributed by atoms with Crippen molar-refractivity contribution in [3.8, 4) is 5.69 Å². The minimum Gasteiger partial charge on any atom is -0.356 e. The van der Waals surface area contributed by atoms with Gasteiger partial charge in [-0.05, 0) is 63.2 Å². The van der Waals surface area contributed by atoms with Gasteiger partial charge in [-0.1, -0.05) is 35.9 Å². The lowest BCUT2D eigenvalue weighted by molar-refractivity contribution is 0.815. The number of aromatic nitrogens is 2. The van der Waals surface area contributed by atoms with E-state index in [9.17, 15) is 0 Å². The van der Waals surface area contributed by atoms with Crippen LogP contribution in [0.5, 0.6) is 0 Å². The highest BCUT2D eigenvalue weighted by molar-refractivity contribution is 7.80. The number of nitrogens with zero attached hydrogens (tertiary/aromatic N) is 4. The summed E-state index contributed by atoms with van der Waals surface area (Å²) >= 11 is 5.37. The van der Waals surface area contributed by atoms with Crippen LogP contribution in [0, 0.1) is 13.8 Å². The molecule has 2 N–H and O–H groups in total. The van der Waals surface area contributed by atoms with Gasteiger partial charge in [0.25, 0.3) is 0 Å². The van der Waals surface area contributed by atoms with Crippen molar-refractivity contribution in [1.29, 1.82) is 0 Å². The number of benzene rings is 2. The number of anilines is 2. The molecule has 1 saturated heterocycles. The largest absolute Gasteiger partial charge is 0.356 e. The maximum absolute atomic E-state index is 5.37. The van der Waals surface area contributed by atoms with Gasteiger partial charge in [0, 0.05) is 18.8 Å². The van der Waals surface area contributed by atoms with Gasteiger partial charge >= 0.3 is 0 Å². The van der Waals surface area contributed by atoms with E-state index in [-0.39, 0.29) is 0 Å². The summed E-state index contributed by atoms with van der Waals surface area (Å²) in [7, 11) is 0. The Balaban J connectivity index is 1.55. The number of thiocarbonyl (C=S) groups is 1. The van der Waals surface area contributed by atoms with Crippen LogP contribution in [0.3, 0.4) is 0 Å². The van der Waals surface area contributed by atoms with Crippen LogP contribution >= 0.6 is 12.2 Å². The summed E-state index contributed by atoms with van der Waals surface area (Å²) in [6.07, 6.45) is 4.20. The Hall–Kier alpha value is -3.19. The van der Waals surface area contributed by atoms with Crippen molar-refractivity contribution in [2.75, 3.05) is 23.3 Å². The number of nitrogens with one attached hydrogen (secondary N) is 2. The number of hydrogen-bond acceptors (Lipinski definition) is 4. The molecule has 7 heteroatoms. The van der Waals surface area contributed by atoms with E-state index in [1.807, 2.05) is 60.3 Å². The Morgan fingerprint density at radius 3 is 2.43 bits per heavy atom. The summed E-state index contributed by atoms with van der Waals surface area (Å²) in [5.74, 6) is 1.08. The van der Waals surface area contributed by atoms with Crippen LogP contribution < -0.4 is 15.6 Å². The summed E-state index contributed by atoms with van der Waals surface area (Å²) in [5, 5.41) is 12.8. The summed E-state index contributed by atoms with van der Waals surface area (Å²) < 4.78 is 2.02. The SMILES string of the molecule is Cc1ccc(NC(=S)N/N=C/c2c(C)nn(-c3ccccc3)c2N2CCCC2)cc1. The predicted molar refractivity (Wildman–Crippen MR) is 128 cm³/mol. The van der Waals surface area contributed by atoms with Crippen LogP contribution in [0.25, 0.3) is 5.69 Å². The molecular weight excluding hydrogens is 392 g/mol. The second-order valence-electron chi connectivity index (χ2n) is 7.45. The molecule has 4 rings (SSSR count). The van der Waals surface area contributed by atoms with E-state index in [4.69, 9.17) is 17.3 Å². The molecule has 0 radical (unpaired) electrons. The van der Waals surface area contributed by atoms with E-state index in [0.717, 1.165) is 41.5 Å². The zero-order valence-electron chi connectivity index (χ0n) is 17.3. The lowest BCUT2D eigenvalue weighted by atomic mass is 10.2. The molecule has 0 unspecified atom stereocenters.